The molecule has 8 heteroatoms. The van der Waals surface area contributed by atoms with E-state index in [1.54, 1.807) is 41.6 Å². The molecule has 1 aliphatic heterocycles. The van der Waals surface area contributed by atoms with Crippen LogP contribution in [0.3, 0.4) is 0 Å². The lowest BCUT2D eigenvalue weighted by atomic mass is 10.1. The fraction of sp³-hybridized carbons (Fsp3) is 0.333. The maximum atomic E-state index is 12.3. The molecular weight excluding hydrogens is 397 g/mol. The molecule has 0 aliphatic carbocycles. The van der Waals surface area contributed by atoms with Gasteiger partial charge in [-0.1, -0.05) is 34.8 Å². The molecule has 138 valence electrons. The zero-order chi connectivity index (χ0) is 18.5. The predicted molar refractivity (Wildman–Crippen MR) is 105 cm³/mol. The van der Waals surface area contributed by atoms with E-state index >= 15 is 0 Å². The van der Waals surface area contributed by atoms with Crippen LogP contribution in [-0.4, -0.2) is 35.6 Å². The highest BCUT2D eigenvalue weighted by atomic mass is 35.5. The molecule has 1 saturated heterocycles. The van der Waals surface area contributed by atoms with Crippen LogP contribution in [-0.2, 0) is 0 Å². The van der Waals surface area contributed by atoms with Crippen LogP contribution in [0.5, 0.6) is 5.75 Å². The van der Waals surface area contributed by atoms with Crippen molar-refractivity contribution in [3.8, 4) is 5.75 Å². The minimum Gasteiger partial charge on any atom is -0.494 e. The molecule has 0 radical (unpaired) electrons. The molecule has 1 fully saturated rings. The van der Waals surface area contributed by atoms with E-state index in [0.29, 0.717) is 52.1 Å². The minimum absolute atomic E-state index is 0.159. The van der Waals surface area contributed by atoms with E-state index in [9.17, 15) is 4.79 Å². The second-order valence-electron chi connectivity index (χ2n) is 6.10. The van der Waals surface area contributed by atoms with E-state index in [1.165, 1.54) is 0 Å². The van der Waals surface area contributed by atoms with Gasteiger partial charge in [0.25, 0.3) is 0 Å². The second-order valence-corrected chi connectivity index (χ2v) is 7.32. The molecule has 1 aromatic carbocycles. The van der Waals surface area contributed by atoms with Gasteiger partial charge >= 0.3 is 6.03 Å². The average molecular weight is 415 g/mol. The van der Waals surface area contributed by atoms with Crippen molar-refractivity contribution in [2.24, 2.45) is 5.92 Å². The standard InChI is InChI=1S/C18H18Cl3N3O2/c19-14-2-1-13(9-16(14)21)26-8-5-12-4-7-24(11-12)18(25)23-17-10-22-6-3-15(17)20/h1-3,6,9-10,12H,4-5,7-8,11H2,(H,23,25). The van der Waals surface area contributed by atoms with Gasteiger partial charge in [-0.3, -0.25) is 4.98 Å². The maximum Gasteiger partial charge on any atom is 0.321 e. The number of urea groups is 1. The van der Waals surface area contributed by atoms with Crippen LogP contribution < -0.4 is 10.1 Å². The van der Waals surface area contributed by atoms with Gasteiger partial charge in [-0.2, -0.15) is 0 Å². The van der Waals surface area contributed by atoms with E-state index < -0.39 is 0 Å². The molecule has 0 spiro atoms. The number of rotatable bonds is 5. The number of benzene rings is 1. The summed E-state index contributed by atoms with van der Waals surface area (Å²) >= 11 is 17.9. The Bertz CT molecular complexity index is 788. The molecular formula is C18H18Cl3N3O2. The van der Waals surface area contributed by atoms with E-state index in [2.05, 4.69) is 10.3 Å². The monoisotopic (exact) mass is 413 g/mol. The molecule has 5 nitrogen and oxygen atoms in total. The molecule has 1 unspecified atom stereocenters. The molecule has 3 rings (SSSR count). The van der Waals surface area contributed by atoms with Gasteiger partial charge in [0.05, 0.1) is 33.6 Å². The van der Waals surface area contributed by atoms with Crippen molar-refractivity contribution in [1.82, 2.24) is 9.88 Å². The Morgan fingerprint density at radius 2 is 2.08 bits per heavy atom. The fourth-order valence-electron chi connectivity index (χ4n) is 2.83. The number of carbonyl (C=O) groups excluding carboxylic acids is 1. The van der Waals surface area contributed by atoms with Crippen LogP contribution in [0.15, 0.2) is 36.7 Å². The summed E-state index contributed by atoms with van der Waals surface area (Å²) in [6.45, 7) is 1.96. The zero-order valence-corrected chi connectivity index (χ0v) is 16.2. The van der Waals surface area contributed by atoms with Gasteiger partial charge in [-0.25, -0.2) is 4.79 Å². The molecule has 2 amide bonds. The van der Waals surface area contributed by atoms with Crippen LogP contribution in [0.1, 0.15) is 12.8 Å². The molecule has 1 aromatic heterocycles. The average Bonchev–Trinajstić information content (AvgIpc) is 3.09. The highest BCUT2D eigenvalue weighted by molar-refractivity contribution is 6.42. The first-order valence-electron chi connectivity index (χ1n) is 8.26. The van der Waals surface area contributed by atoms with Gasteiger partial charge in [-0.05, 0) is 37.0 Å². The van der Waals surface area contributed by atoms with Crippen molar-refractivity contribution in [1.29, 1.82) is 0 Å². The van der Waals surface area contributed by atoms with Crippen LogP contribution in [0.2, 0.25) is 15.1 Å². The molecule has 2 heterocycles. The second kappa shape index (κ2) is 8.80. The van der Waals surface area contributed by atoms with Gasteiger partial charge in [0.15, 0.2) is 0 Å². The lowest BCUT2D eigenvalue weighted by Crippen LogP contribution is -2.33. The largest absolute Gasteiger partial charge is 0.494 e. The van der Waals surface area contributed by atoms with Gasteiger partial charge < -0.3 is 15.0 Å². The highest BCUT2D eigenvalue weighted by Crippen LogP contribution is 2.27. The van der Waals surface area contributed by atoms with Crippen molar-refractivity contribution >= 4 is 46.5 Å². The topological polar surface area (TPSA) is 54.5 Å². The number of anilines is 1. The molecule has 1 aliphatic rings. The summed E-state index contributed by atoms with van der Waals surface area (Å²) in [7, 11) is 0. The summed E-state index contributed by atoms with van der Waals surface area (Å²) in [4.78, 5) is 18.1. The van der Waals surface area contributed by atoms with Gasteiger partial charge in [-0.15, -0.1) is 0 Å². The zero-order valence-electron chi connectivity index (χ0n) is 13.9. The Balaban J connectivity index is 1.44. The predicted octanol–water partition coefficient (Wildman–Crippen LogP) is 5.36. The van der Waals surface area contributed by atoms with Gasteiger partial charge in [0, 0.05) is 25.4 Å². The Labute approximate surface area is 167 Å². The van der Waals surface area contributed by atoms with Crippen molar-refractivity contribution in [2.75, 3.05) is 25.0 Å². The number of carbonyl (C=O) groups is 1. The summed E-state index contributed by atoms with van der Waals surface area (Å²) in [6.07, 6.45) is 4.92. The van der Waals surface area contributed by atoms with Gasteiger partial charge in [0.2, 0.25) is 0 Å². The third-order valence-corrected chi connectivity index (χ3v) is 5.34. The van der Waals surface area contributed by atoms with Crippen molar-refractivity contribution in [3.63, 3.8) is 0 Å². The Hall–Kier alpha value is -1.69. The molecule has 1 N–H and O–H groups in total. The quantitative estimate of drug-likeness (QED) is 0.716. The Morgan fingerprint density at radius 3 is 2.85 bits per heavy atom. The van der Waals surface area contributed by atoms with E-state index in [4.69, 9.17) is 39.5 Å². The first-order valence-corrected chi connectivity index (χ1v) is 9.39. The van der Waals surface area contributed by atoms with Crippen LogP contribution >= 0.6 is 34.8 Å². The number of aromatic nitrogens is 1. The van der Waals surface area contributed by atoms with E-state index in [1.807, 2.05) is 0 Å². The number of likely N-dealkylation sites (tertiary alicyclic amines) is 1. The molecule has 0 bridgehead atoms. The van der Waals surface area contributed by atoms with Crippen molar-refractivity contribution < 1.29 is 9.53 Å². The Morgan fingerprint density at radius 1 is 1.23 bits per heavy atom. The van der Waals surface area contributed by atoms with Crippen LogP contribution in [0.25, 0.3) is 0 Å². The lowest BCUT2D eigenvalue weighted by Gasteiger charge is -2.18. The molecule has 1 atom stereocenters. The lowest BCUT2D eigenvalue weighted by molar-refractivity contribution is 0.218. The summed E-state index contributed by atoms with van der Waals surface area (Å²) in [6, 6.07) is 6.69. The first kappa shape index (κ1) is 19.1. The smallest absolute Gasteiger partial charge is 0.321 e. The van der Waals surface area contributed by atoms with Crippen LogP contribution in [0, 0.1) is 5.92 Å². The minimum atomic E-state index is -0.159. The number of pyridine rings is 1. The third-order valence-electron chi connectivity index (χ3n) is 4.27. The number of hydrogen-bond acceptors (Lipinski definition) is 3. The first-order chi connectivity index (χ1) is 12.5. The summed E-state index contributed by atoms with van der Waals surface area (Å²) < 4.78 is 5.72. The molecule has 2 aromatic rings. The van der Waals surface area contributed by atoms with Crippen molar-refractivity contribution in [3.05, 3.63) is 51.7 Å². The summed E-state index contributed by atoms with van der Waals surface area (Å²) in [5.41, 5.74) is 0.519. The SMILES string of the molecule is O=C(Nc1cnccc1Cl)N1CCC(CCOc2ccc(Cl)c(Cl)c2)C1. The normalized spacial score (nSPS) is 16.6. The summed E-state index contributed by atoms with van der Waals surface area (Å²) in [5, 5.41) is 4.25. The number of ether oxygens (including phenoxy) is 1. The Kier molecular flexibility index (Phi) is 6.46. The third kappa shape index (κ3) is 4.93. The van der Waals surface area contributed by atoms with E-state index in [0.717, 1.165) is 12.8 Å². The maximum absolute atomic E-state index is 12.3. The molecule has 26 heavy (non-hydrogen) atoms. The molecule has 0 saturated carbocycles. The number of hydrogen-bond donors (Lipinski definition) is 1. The number of amides is 2. The summed E-state index contributed by atoms with van der Waals surface area (Å²) in [5.74, 6) is 1.09. The number of nitrogens with zero attached hydrogens (tertiary/aromatic N) is 2. The number of halogens is 3. The van der Waals surface area contributed by atoms with Gasteiger partial charge in [0.1, 0.15) is 5.75 Å². The fourth-order valence-corrected chi connectivity index (χ4v) is 3.27. The van der Waals surface area contributed by atoms with Crippen molar-refractivity contribution in [2.45, 2.75) is 12.8 Å². The highest BCUT2D eigenvalue weighted by Gasteiger charge is 2.26. The van der Waals surface area contributed by atoms with E-state index in [-0.39, 0.29) is 6.03 Å². The number of nitrogens with one attached hydrogen (secondary N) is 1. The van der Waals surface area contributed by atoms with Crippen LogP contribution in [0.4, 0.5) is 10.5 Å².